The molecule has 3 unspecified atom stereocenters. The van der Waals surface area contributed by atoms with Crippen molar-refractivity contribution in [3.05, 3.63) is 49.1 Å². The normalized spacial score (nSPS) is 48.9. The summed E-state index contributed by atoms with van der Waals surface area (Å²) in [6, 6.07) is 0. The van der Waals surface area contributed by atoms with Crippen molar-refractivity contribution in [3.63, 3.8) is 0 Å². The third-order valence-electron chi connectivity index (χ3n) is 13.6. The molecule has 4 nitrogen and oxygen atoms in total. The molecule has 11 aliphatic rings. The van der Waals surface area contributed by atoms with E-state index in [1.807, 2.05) is 0 Å². The van der Waals surface area contributed by atoms with E-state index in [9.17, 15) is 9.59 Å². The van der Waals surface area contributed by atoms with Crippen molar-refractivity contribution in [2.75, 3.05) is 0 Å². The fourth-order valence-electron chi connectivity index (χ4n) is 11.6. The molecule has 0 aromatic carbocycles. The number of fused-ring (bicyclic) bond motifs is 2. The second-order valence-electron chi connectivity index (χ2n) is 16.0. The molecule has 0 heterocycles. The van der Waals surface area contributed by atoms with Gasteiger partial charge in [-0.05, 0) is 156 Å². The third kappa shape index (κ3) is 5.17. The lowest BCUT2D eigenvalue weighted by Gasteiger charge is -2.59. The summed E-state index contributed by atoms with van der Waals surface area (Å²) in [7, 11) is 0. The predicted octanol–water partition coefficient (Wildman–Crippen LogP) is 8.39. The second-order valence-corrected chi connectivity index (χ2v) is 16.0. The summed E-state index contributed by atoms with van der Waals surface area (Å²) in [4.78, 5) is 24.2. The van der Waals surface area contributed by atoms with Gasteiger partial charge < -0.3 is 9.47 Å². The van der Waals surface area contributed by atoms with Gasteiger partial charge in [0.2, 0.25) is 0 Å². The van der Waals surface area contributed by atoms with Gasteiger partial charge in [0.1, 0.15) is 11.2 Å². The average molecular weight is 573 g/mol. The van der Waals surface area contributed by atoms with Crippen molar-refractivity contribution in [3.8, 4) is 0 Å². The van der Waals surface area contributed by atoms with E-state index < -0.39 is 0 Å². The van der Waals surface area contributed by atoms with Crippen LogP contribution in [0.1, 0.15) is 97.3 Å². The third-order valence-corrected chi connectivity index (χ3v) is 13.6. The van der Waals surface area contributed by atoms with Crippen LogP contribution in [0.3, 0.4) is 0 Å². The molecule has 0 spiro atoms. The summed E-state index contributed by atoms with van der Waals surface area (Å²) in [6.07, 6.45) is 30.8. The van der Waals surface area contributed by atoms with Crippen molar-refractivity contribution < 1.29 is 19.1 Å². The Hall–Kier alpha value is -2.10. The van der Waals surface area contributed by atoms with E-state index in [4.69, 9.17) is 9.47 Å². The van der Waals surface area contributed by atoms with Gasteiger partial charge in [-0.25, -0.2) is 4.79 Å². The quantitative estimate of drug-likeness (QED) is 0.193. The Balaban J connectivity index is 0.000000121. The number of hydrogen-bond acceptors (Lipinski definition) is 4. The molecule has 228 valence electrons. The molecule has 11 aliphatic carbocycles. The van der Waals surface area contributed by atoms with Crippen LogP contribution >= 0.6 is 0 Å². The van der Waals surface area contributed by atoms with Crippen LogP contribution in [0.25, 0.3) is 0 Å². The summed E-state index contributed by atoms with van der Waals surface area (Å²) in [5.41, 5.74) is -0.339. The first kappa shape index (κ1) is 28.7. The fraction of sp³-hybridized carbons (Fsp3) is 0.737. The lowest BCUT2D eigenvalue weighted by molar-refractivity contribution is -0.207. The molecular formula is C38H52O4. The highest BCUT2D eigenvalue weighted by Crippen LogP contribution is 2.61. The van der Waals surface area contributed by atoms with Crippen LogP contribution in [0.4, 0.5) is 0 Å². The van der Waals surface area contributed by atoms with Crippen molar-refractivity contribution in [1.82, 2.24) is 0 Å². The Labute approximate surface area is 253 Å². The first-order chi connectivity index (χ1) is 20.2. The minimum atomic E-state index is -0.241. The Bertz CT molecular complexity index is 1090. The monoisotopic (exact) mass is 572 g/mol. The minimum Gasteiger partial charge on any atom is -0.459 e. The Morgan fingerprint density at radius 1 is 0.667 bits per heavy atom. The van der Waals surface area contributed by atoms with Crippen LogP contribution in [-0.4, -0.2) is 23.1 Å². The highest BCUT2D eigenvalue weighted by atomic mass is 16.6. The van der Waals surface area contributed by atoms with Crippen LogP contribution < -0.4 is 0 Å². The van der Waals surface area contributed by atoms with Gasteiger partial charge in [-0.2, -0.15) is 0 Å². The summed E-state index contributed by atoms with van der Waals surface area (Å²) in [5.74, 6) is 7.37. The van der Waals surface area contributed by atoms with Crippen LogP contribution in [0.5, 0.6) is 0 Å². The summed E-state index contributed by atoms with van der Waals surface area (Å²) < 4.78 is 12.0. The molecule has 0 N–H and O–H groups in total. The summed E-state index contributed by atoms with van der Waals surface area (Å²) >= 11 is 0. The molecule has 3 atom stereocenters. The van der Waals surface area contributed by atoms with E-state index in [1.54, 1.807) is 0 Å². The molecule has 0 amide bonds. The van der Waals surface area contributed by atoms with Crippen LogP contribution in [0.15, 0.2) is 49.1 Å². The number of carbonyl (C=O) groups excluding carboxylic acids is 2. The molecule has 0 aromatic heterocycles. The van der Waals surface area contributed by atoms with Crippen molar-refractivity contribution in [2.24, 2.45) is 65.1 Å². The predicted molar refractivity (Wildman–Crippen MR) is 165 cm³/mol. The van der Waals surface area contributed by atoms with Crippen molar-refractivity contribution in [1.29, 1.82) is 0 Å². The smallest absolute Gasteiger partial charge is 0.330 e. The number of allylic oxidation sites excluding steroid dienone is 6. The van der Waals surface area contributed by atoms with Crippen LogP contribution in [0, 0.1) is 65.1 Å². The molecule has 4 heteroatoms. The summed E-state index contributed by atoms with van der Waals surface area (Å²) in [6.45, 7) is 7.92. The number of hydrogen-bond donors (Lipinski definition) is 0. The van der Waals surface area contributed by atoms with E-state index in [-0.39, 0.29) is 29.1 Å². The number of carbonyl (C=O) groups is 2. The van der Waals surface area contributed by atoms with E-state index >= 15 is 0 Å². The highest BCUT2D eigenvalue weighted by Gasteiger charge is 2.58. The topological polar surface area (TPSA) is 52.6 Å². The maximum atomic E-state index is 12.8. The van der Waals surface area contributed by atoms with E-state index in [0.717, 1.165) is 36.5 Å². The molecule has 10 bridgehead atoms. The molecule has 42 heavy (non-hydrogen) atoms. The van der Waals surface area contributed by atoms with Gasteiger partial charge in [0.25, 0.3) is 0 Å². The minimum absolute atomic E-state index is 0.127. The molecule has 9 saturated carbocycles. The standard InChI is InChI=1S/C19H26O2.C14H20O2.C5H6/c1-19(15-6-12-4-13(8-15)9-16(19)7-12)21-18(20)17-10-11-2-3-14(17)5-11;1-3-13(15)16-14(2)11-5-9-4-10(7-11)8-12(14)6-9;1-2-4-5-3-1/h2-3,11-17H,4-10H2,1H3;3,9-12H,1,4-8H2,2H3;1-4H,5H2. The van der Waals surface area contributed by atoms with E-state index in [0.29, 0.717) is 35.5 Å². The molecular weight excluding hydrogens is 520 g/mol. The fourth-order valence-corrected chi connectivity index (χ4v) is 11.6. The molecule has 0 aromatic rings. The lowest BCUT2D eigenvalue weighted by Crippen LogP contribution is -2.58. The molecule has 0 saturated heterocycles. The number of rotatable bonds is 4. The Kier molecular flexibility index (Phi) is 7.58. The van der Waals surface area contributed by atoms with E-state index in [1.165, 1.54) is 76.7 Å². The average Bonchev–Trinajstić information content (AvgIpc) is 3.76. The largest absolute Gasteiger partial charge is 0.459 e. The molecule has 11 rings (SSSR count). The van der Waals surface area contributed by atoms with Gasteiger partial charge >= 0.3 is 11.9 Å². The van der Waals surface area contributed by atoms with Crippen LogP contribution in [0.2, 0.25) is 0 Å². The first-order valence-corrected chi connectivity index (χ1v) is 17.3. The second kappa shape index (κ2) is 11.1. The molecule has 0 aliphatic heterocycles. The van der Waals surface area contributed by atoms with Crippen LogP contribution in [-0.2, 0) is 19.1 Å². The molecule has 9 fully saturated rings. The van der Waals surface area contributed by atoms with Gasteiger partial charge in [-0.3, -0.25) is 4.79 Å². The molecule has 0 radical (unpaired) electrons. The van der Waals surface area contributed by atoms with Gasteiger partial charge in [-0.1, -0.05) is 43.0 Å². The SMILES string of the molecule is C1=CCC=C1.C=CC(=O)OC1(C)C2CC3CC(C2)CC1C3.CC1(OC(=O)C2CC3C=CC2C3)C2CC3CC(C2)CC1C3. The zero-order valence-electron chi connectivity index (χ0n) is 25.9. The van der Waals surface area contributed by atoms with Crippen molar-refractivity contribution >= 4 is 11.9 Å². The zero-order valence-corrected chi connectivity index (χ0v) is 25.9. The van der Waals surface area contributed by atoms with Gasteiger partial charge in [0.15, 0.2) is 0 Å². The summed E-state index contributed by atoms with van der Waals surface area (Å²) in [5, 5.41) is 0. The lowest BCUT2D eigenvalue weighted by atomic mass is 9.50. The van der Waals surface area contributed by atoms with E-state index in [2.05, 4.69) is 56.9 Å². The Morgan fingerprint density at radius 2 is 1.14 bits per heavy atom. The van der Waals surface area contributed by atoms with Crippen molar-refractivity contribution in [2.45, 2.75) is 109 Å². The van der Waals surface area contributed by atoms with Gasteiger partial charge in [-0.15, -0.1) is 0 Å². The van der Waals surface area contributed by atoms with Gasteiger partial charge in [0, 0.05) is 6.08 Å². The number of ether oxygens (including phenoxy) is 2. The zero-order chi connectivity index (χ0) is 29.1. The number of esters is 2. The Morgan fingerprint density at radius 3 is 1.50 bits per heavy atom. The highest BCUT2D eigenvalue weighted by molar-refractivity contribution is 5.81. The maximum absolute atomic E-state index is 12.8. The maximum Gasteiger partial charge on any atom is 0.330 e. The van der Waals surface area contributed by atoms with Gasteiger partial charge in [0.05, 0.1) is 5.92 Å². The first-order valence-electron chi connectivity index (χ1n) is 17.3.